The Morgan fingerprint density at radius 1 is 1.59 bits per heavy atom. The molecule has 0 saturated carbocycles. The molecular weight excluding hydrogens is 220 g/mol. The Bertz CT molecular complexity index is 418. The van der Waals surface area contributed by atoms with E-state index in [-0.39, 0.29) is 18.6 Å². The van der Waals surface area contributed by atoms with E-state index in [1.54, 1.807) is 6.92 Å². The smallest absolute Gasteiger partial charge is 0.262 e. The molecule has 5 heteroatoms. The molecule has 1 amide bonds. The first-order valence-electron chi connectivity index (χ1n) is 5.59. The van der Waals surface area contributed by atoms with Crippen LogP contribution in [-0.2, 0) is 11.3 Å². The Morgan fingerprint density at radius 3 is 3.18 bits per heavy atom. The molecule has 92 valence electrons. The van der Waals surface area contributed by atoms with Crippen LogP contribution in [0, 0.1) is 0 Å². The molecule has 0 radical (unpaired) electrons. The summed E-state index contributed by atoms with van der Waals surface area (Å²) >= 11 is 0. The quantitative estimate of drug-likeness (QED) is 0.711. The first kappa shape index (κ1) is 11.9. The molecule has 0 saturated heterocycles. The normalized spacial score (nSPS) is 15.8. The number of benzene rings is 1. The summed E-state index contributed by atoms with van der Waals surface area (Å²) in [6.45, 7) is 2.99. The van der Waals surface area contributed by atoms with Gasteiger partial charge < -0.3 is 20.5 Å². The van der Waals surface area contributed by atoms with Crippen molar-refractivity contribution in [3.63, 3.8) is 0 Å². The number of nitrogens with one attached hydrogen (secondary N) is 2. The molecule has 1 aliphatic rings. The second kappa shape index (κ2) is 5.16. The van der Waals surface area contributed by atoms with E-state index in [2.05, 4.69) is 10.6 Å². The molecule has 0 aliphatic carbocycles. The molecular formula is C12H16N2O3. The van der Waals surface area contributed by atoms with Gasteiger partial charge in [0.2, 0.25) is 0 Å². The molecule has 17 heavy (non-hydrogen) atoms. The lowest BCUT2D eigenvalue weighted by molar-refractivity contribution is -0.118. The van der Waals surface area contributed by atoms with Crippen molar-refractivity contribution in [2.24, 2.45) is 0 Å². The third kappa shape index (κ3) is 3.18. The Hall–Kier alpha value is -1.59. The van der Waals surface area contributed by atoms with Gasteiger partial charge in [-0.05, 0) is 24.6 Å². The third-order valence-corrected chi connectivity index (χ3v) is 2.45. The summed E-state index contributed by atoms with van der Waals surface area (Å²) in [6, 6.07) is 5.65. The Morgan fingerprint density at radius 2 is 2.41 bits per heavy atom. The molecule has 3 N–H and O–H groups in total. The van der Waals surface area contributed by atoms with Gasteiger partial charge in [0.15, 0.2) is 6.61 Å². The number of carbonyl (C=O) groups is 1. The summed E-state index contributed by atoms with van der Waals surface area (Å²) in [7, 11) is 0. The summed E-state index contributed by atoms with van der Waals surface area (Å²) in [5, 5.41) is 15.0. The molecule has 5 nitrogen and oxygen atoms in total. The molecule has 1 aromatic rings. The number of amides is 1. The highest BCUT2D eigenvalue weighted by Gasteiger charge is 2.15. The van der Waals surface area contributed by atoms with Gasteiger partial charge in [-0.1, -0.05) is 6.07 Å². The van der Waals surface area contributed by atoms with Crippen LogP contribution in [0.4, 0.5) is 5.69 Å². The van der Waals surface area contributed by atoms with E-state index in [0.717, 1.165) is 5.56 Å². The minimum atomic E-state index is -0.365. The fourth-order valence-electron chi connectivity index (χ4n) is 1.67. The van der Waals surface area contributed by atoms with Gasteiger partial charge in [0, 0.05) is 13.1 Å². The van der Waals surface area contributed by atoms with Crippen LogP contribution in [0.2, 0.25) is 0 Å². The number of hydrogen-bond acceptors (Lipinski definition) is 4. The van der Waals surface area contributed by atoms with E-state index >= 15 is 0 Å². The topological polar surface area (TPSA) is 70.6 Å². The molecule has 2 rings (SSSR count). The van der Waals surface area contributed by atoms with Gasteiger partial charge in [0.25, 0.3) is 5.91 Å². The molecule has 1 heterocycles. The molecule has 1 unspecified atom stereocenters. The maximum atomic E-state index is 11.2. The van der Waals surface area contributed by atoms with Crippen LogP contribution in [0.15, 0.2) is 18.2 Å². The first-order chi connectivity index (χ1) is 8.15. The van der Waals surface area contributed by atoms with Gasteiger partial charge in [0.05, 0.1) is 11.8 Å². The third-order valence-electron chi connectivity index (χ3n) is 2.45. The van der Waals surface area contributed by atoms with Crippen molar-refractivity contribution in [1.29, 1.82) is 0 Å². The number of hydrogen-bond donors (Lipinski definition) is 3. The molecule has 0 spiro atoms. The fourth-order valence-corrected chi connectivity index (χ4v) is 1.67. The van der Waals surface area contributed by atoms with E-state index < -0.39 is 0 Å². The predicted octanol–water partition coefficient (Wildman–Crippen LogP) is 0.488. The SMILES string of the molecule is CC(O)CNCc1ccc2c(c1)NC(=O)CO2. The monoisotopic (exact) mass is 236 g/mol. The minimum absolute atomic E-state index is 0.0760. The lowest BCUT2D eigenvalue weighted by Crippen LogP contribution is -2.26. The number of carbonyl (C=O) groups excluding carboxylic acids is 1. The van der Waals surface area contributed by atoms with Crippen LogP contribution >= 0.6 is 0 Å². The maximum Gasteiger partial charge on any atom is 0.262 e. The predicted molar refractivity (Wildman–Crippen MR) is 64.0 cm³/mol. The van der Waals surface area contributed by atoms with E-state index in [1.165, 1.54) is 0 Å². The number of anilines is 1. The van der Waals surface area contributed by atoms with Gasteiger partial charge in [0.1, 0.15) is 5.75 Å². The fraction of sp³-hybridized carbons (Fsp3) is 0.417. The standard InChI is InChI=1S/C12H16N2O3/c1-8(15)5-13-6-9-2-3-11-10(4-9)14-12(16)7-17-11/h2-4,8,13,15H,5-7H2,1H3,(H,14,16). The van der Waals surface area contributed by atoms with Crippen LogP contribution in [0.1, 0.15) is 12.5 Å². The lowest BCUT2D eigenvalue weighted by Gasteiger charge is -2.18. The molecule has 0 aromatic heterocycles. The van der Waals surface area contributed by atoms with Crippen LogP contribution in [0.3, 0.4) is 0 Å². The molecule has 1 aromatic carbocycles. The second-order valence-corrected chi connectivity index (χ2v) is 4.15. The Kier molecular flexibility index (Phi) is 3.61. The van der Waals surface area contributed by atoms with Crippen LogP contribution in [0.5, 0.6) is 5.75 Å². The van der Waals surface area contributed by atoms with Crippen molar-refractivity contribution in [2.75, 3.05) is 18.5 Å². The van der Waals surface area contributed by atoms with Gasteiger partial charge in [-0.3, -0.25) is 4.79 Å². The Balaban J connectivity index is 2.00. The molecule has 0 bridgehead atoms. The largest absolute Gasteiger partial charge is 0.482 e. The Labute approximate surface area is 99.8 Å². The van der Waals surface area contributed by atoms with Crippen LogP contribution < -0.4 is 15.4 Å². The summed E-state index contributed by atoms with van der Waals surface area (Å²) in [4.78, 5) is 11.2. The highest BCUT2D eigenvalue weighted by molar-refractivity contribution is 5.95. The zero-order chi connectivity index (χ0) is 12.3. The summed E-state index contributed by atoms with van der Waals surface area (Å²) < 4.78 is 5.26. The van der Waals surface area contributed by atoms with Crippen molar-refractivity contribution in [1.82, 2.24) is 5.32 Å². The van der Waals surface area contributed by atoms with E-state index in [1.807, 2.05) is 18.2 Å². The molecule has 1 atom stereocenters. The van der Waals surface area contributed by atoms with E-state index in [9.17, 15) is 4.79 Å². The van der Waals surface area contributed by atoms with E-state index in [0.29, 0.717) is 24.5 Å². The van der Waals surface area contributed by atoms with Gasteiger partial charge in [-0.2, -0.15) is 0 Å². The average Bonchev–Trinajstić information content (AvgIpc) is 2.28. The van der Waals surface area contributed by atoms with Gasteiger partial charge in [-0.25, -0.2) is 0 Å². The van der Waals surface area contributed by atoms with Gasteiger partial charge >= 0.3 is 0 Å². The van der Waals surface area contributed by atoms with Crippen LogP contribution in [-0.4, -0.2) is 30.3 Å². The van der Waals surface area contributed by atoms with Crippen molar-refractivity contribution in [2.45, 2.75) is 19.6 Å². The highest BCUT2D eigenvalue weighted by Crippen LogP contribution is 2.28. The summed E-state index contributed by atoms with van der Waals surface area (Å²) in [5.74, 6) is 0.565. The number of aliphatic hydroxyl groups excluding tert-OH is 1. The second-order valence-electron chi connectivity index (χ2n) is 4.15. The average molecular weight is 236 g/mol. The number of fused-ring (bicyclic) bond motifs is 1. The molecule has 1 aliphatic heterocycles. The zero-order valence-corrected chi connectivity index (χ0v) is 9.69. The first-order valence-corrected chi connectivity index (χ1v) is 5.59. The minimum Gasteiger partial charge on any atom is -0.482 e. The zero-order valence-electron chi connectivity index (χ0n) is 9.69. The van der Waals surface area contributed by atoms with Crippen molar-refractivity contribution in [3.05, 3.63) is 23.8 Å². The molecule has 0 fully saturated rings. The maximum absolute atomic E-state index is 11.2. The van der Waals surface area contributed by atoms with Crippen molar-refractivity contribution < 1.29 is 14.6 Å². The lowest BCUT2D eigenvalue weighted by atomic mass is 10.1. The summed E-state index contributed by atoms with van der Waals surface area (Å²) in [6.07, 6.45) is -0.365. The van der Waals surface area contributed by atoms with Crippen LogP contribution in [0.25, 0.3) is 0 Å². The van der Waals surface area contributed by atoms with E-state index in [4.69, 9.17) is 9.84 Å². The van der Waals surface area contributed by atoms with Gasteiger partial charge in [-0.15, -0.1) is 0 Å². The van der Waals surface area contributed by atoms with Crippen molar-refractivity contribution in [3.8, 4) is 5.75 Å². The number of ether oxygens (including phenoxy) is 1. The highest BCUT2D eigenvalue weighted by atomic mass is 16.5. The number of aliphatic hydroxyl groups is 1. The van der Waals surface area contributed by atoms with Crippen molar-refractivity contribution >= 4 is 11.6 Å². The number of rotatable bonds is 4. The summed E-state index contributed by atoms with van der Waals surface area (Å²) in [5.41, 5.74) is 1.74.